The van der Waals surface area contributed by atoms with Gasteiger partial charge in [0.1, 0.15) is 11.5 Å². The van der Waals surface area contributed by atoms with E-state index in [0.29, 0.717) is 11.5 Å². The highest BCUT2D eigenvalue weighted by molar-refractivity contribution is 9.10. The Kier molecular flexibility index (Phi) is 3.43. The number of aromatic nitrogens is 2. The van der Waals surface area contributed by atoms with Crippen LogP contribution in [0.2, 0.25) is 0 Å². The Morgan fingerprint density at radius 1 is 1.00 bits per heavy atom. The summed E-state index contributed by atoms with van der Waals surface area (Å²) < 4.78 is 0.730. The molecule has 98 valence electrons. The summed E-state index contributed by atoms with van der Waals surface area (Å²) in [5, 5.41) is 4.56. The number of pyridine rings is 2. The van der Waals surface area contributed by atoms with Crippen LogP contribution in [0.25, 0.3) is 10.8 Å². The van der Waals surface area contributed by atoms with Crippen LogP contribution in [0.5, 0.6) is 0 Å². The molecule has 0 spiro atoms. The normalized spacial score (nSPS) is 10.4. The molecule has 0 bridgehead atoms. The average molecular weight is 328 g/mol. The van der Waals surface area contributed by atoms with Crippen LogP contribution in [0.15, 0.2) is 59.3 Å². The van der Waals surface area contributed by atoms with Gasteiger partial charge < -0.3 is 5.32 Å². The Hall–Kier alpha value is -2.27. The van der Waals surface area contributed by atoms with Gasteiger partial charge in [-0.05, 0) is 39.5 Å². The second kappa shape index (κ2) is 5.38. The number of nitrogens with one attached hydrogen (secondary N) is 1. The van der Waals surface area contributed by atoms with Crippen molar-refractivity contribution in [1.82, 2.24) is 9.97 Å². The maximum atomic E-state index is 12.3. The number of halogens is 1. The Balaban J connectivity index is 1.99. The molecular formula is C15H10BrN3O. The smallest absolute Gasteiger partial charge is 0.276 e. The summed E-state index contributed by atoms with van der Waals surface area (Å²) in [5.41, 5.74) is 0.389. The monoisotopic (exact) mass is 327 g/mol. The van der Waals surface area contributed by atoms with Crippen molar-refractivity contribution in [1.29, 1.82) is 0 Å². The highest BCUT2D eigenvalue weighted by Crippen LogP contribution is 2.21. The third kappa shape index (κ3) is 2.40. The number of hydrogen-bond donors (Lipinski definition) is 1. The first kappa shape index (κ1) is 12.7. The molecule has 3 rings (SSSR count). The van der Waals surface area contributed by atoms with Gasteiger partial charge in [-0.1, -0.05) is 24.3 Å². The van der Waals surface area contributed by atoms with Crippen molar-refractivity contribution in [2.75, 3.05) is 5.32 Å². The van der Waals surface area contributed by atoms with E-state index in [1.165, 1.54) is 0 Å². The van der Waals surface area contributed by atoms with Crippen LogP contribution < -0.4 is 5.32 Å². The lowest BCUT2D eigenvalue weighted by molar-refractivity contribution is 0.102. The first-order valence-corrected chi connectivity index (χ1v) is 6.80. The van der Waals surface area contributed by atoms with Crippen molar-refractivity contribution in [2.24, 2.45) is 0 Å². The number of amides is 1. The van der Waals surface area contributed by atoms with E-state index in [1.54, 1.807) is 18.5 Å². The molecule has 5 heteroatoms. The summed E-state index contributed by atoms with van der Waals surface area (Å²) >= 11 is 3.35. The fourth-order valence-corrected chi connectivity index (χ4v) is 2.30. The van der Waals surface area contributed by atoms with Gasteiger partial charge in [-0.2, -0.15) is 0 Å². The number of hydrogen-bond acceptors (Lipinski definition) is 3. The summed E-state index contributed by atoms with van der Waals surface area (Å²) in [4.78, 5) is 20.6. The highest BCUT2D eigenvalue weighted by Gasteiger charge is 2.13. The molecule has 0 aliphatic heterocycles. The van der Waals surface area contributed by atoms with Crippen LogP contribution >= 0.6 is 15.9 Å². The number of rotatable bonds is 2. The van der Waals surface area contributed by atoms with Crippen molar-refractivity contribution < 1.29 is 4.79 Å². The maximum absolute atomic E-state index is 12.3. The van der Waals surface area contributed by atoms with Gasteiger partial charge in [0.25, 0.3) is 5.91 Å². The van der Waals surface area contributed by atoms with E-state index in [9.17, 15) is 4.79 Å². The fourth-order valence-electron chi connectivity index (χ4n) is 1.94. The predicted molar refractivity (Wildman–Crippen MR) is 81.6 cm³/mol. The number of benzene rings is 1. The molecule has 1 amide bonds. The van der Waals surface area contributed by atoms with E-state index >= 15 is 0 Å². The SMILES string of the molecule is O=C(Nc1ncccc1Br)c1nccc2ccccc12. The predicted octanol–water partition coefficient (Wildman–Crippen LogP) is 3.64. The number of nitrogens with zero attached hydrogens (tertiary/aromatic N) is 2. The van der Waals surface area contributed by atoms with Gasteiger partial charge >= 0.3 is 0 Å². The van der Waals surface area contributed by atoms with Crippen molar-refractivity contribution in [3.8, 4) is 0 Å². The number of carbonyl (C=O) groups excluding carboxylic acids is 1. The van der Waals surface area contributed by atoms with E-state index in [2.05, 4.69) is 31.2 Å². The molecule has 0 aliphatic carbocycles. The van der Waals surface area contributed by atoms with Gasteiger partial charge in [-0.3, -0.25) is 9.78 Å². The van der Waals surface area contributed by atoms with Gasteiger partial charge in [-0.25, -0.2) is 4.98 Å². The molecule has 0 radical (unpaired) electrons. The first-order valence-electron chi connectivity index (χ1n) is 6.01. The molecule has 2 aromatic heterocycles. The highest BCUT2D eigenvalue weighted by atomic mass is 79.9. The Morgan fingerprint density at radius 3 is 2.70 bits per heavy atom. The zero-order chi connectivity index (χ0) is 13.9. The van der Waals surface area contributed by atoms with Gasteiger partial charge in [0, 0.05) is 17.8 Å². The van der Waals surface area contributed by atoms with Crippen molar-refractivity contribution in [3.05, 3.63) is 65.0 Å². The second-order valence-electron chi connectivity index (χ2n) is 4.17. The summed E-state index contributed by atoms with van der Waals surface area (Å²) in [7, 11) is 0. The summed E-state index contributed by atoms with van der Waals surface area (Å²) in [6.07, 6.45) is 3.25. The van der Waals surface area contributed by atoms with E-state index in [-0.39, 0.29) is 5.91 Å². The summed E-state index contributed by atoms with van der Waals surface area (Å²) in [6.45, 7) is 0. The maximum Gasteiger partial charge on any atom is 0.276 e. The molecule has 0 saturated carbocycles. The third-order valence-electron chi connectivity index (χ3n) is 2.88. The van der Waals surface area contributed by atoms with E-state index in [1.807, 2.05) is 36.4 Å². The lowest BCUT2D eigenvalue weighted by atomic mass is 10.1. The van der Waals surface area contributed by atoms with Crippen LogP contribution in [0, 0.1) is 0 Å². The molecule has 0 fully saturated rings. The minimum absolute atomic E-state index is 0.277. The van der Waals surface area contributed by atoms with E-state index in [0.717, 1.165) is 15.2 Å². The minimum Gasteiger partial charge on any atom is -0.304 e. The topological polar surface area (TPSA) is 54.9 Å². The third-order valence-corrected chi connectivity index (χ3v) is 3.52. The van der Waals surface area contributed by atoms with Gasteiger partial charge in [-0.15, -0.1) is 0 Å². The lowest BCUT2D eigenvalue weighted by Crippen LogP contribution is -2.15. The van der Waals surface area contributed by atoms with E-state index < -0.39 is 0 Å². The van der Waals surface area contributed by atoms with E-state index in [4.69, 9.17) is 0 Å². The fraction of sp³-hybridized carbons (Fsp3) is 0. The quantitative estimate of drug-likeness (QED) is 0.781. The standard InChI is InChI=1S/C15H10BrN3O/c16-12-6-3-8-18-14(12)19-15(20)13-11-5-2-1-4-10(11)7-9-17-13/h1-9H,(H,18,19,20). The summed E-state index contributed by atoms with van der Waals surface area (Å²) in [6, 6.07) is 13.1. The lowest BCUT2D eigenvalue weighted by Gasteiger charge is -2.07. The molecule has 4 nitrogen and oxygen atoms in total. The minimum atomic E-state index is -0.277. The largest absolute Gasteiger partial charge is 0.304 e. The Bertz CT molecular complexity index is 783. The zero-order valence-corrected chi connectivity index (χ0v) is 12.0. The van der Waals surface area contributed by atoms with Crippen molar-refractivity contribution >= 4 is 38.4 Å². The molecule has 0 unspecified atom stereocenters. The zero-order valence-electron chi connectivity index (χ0n) is 10.4. The van der Waals surface area contributed by atoms with Gasteiger partial charge in [0.05, 0.1) is 4.47 Å². The number of carbonyl (C=O) groups is 1. The van der Waals surface area contributed by atoms with Crippen molar-refractivity contribution in [2.45, 2.75) is 0 Å². The Morgan fingerprint density at radius 2 is 1.85 bits per heavy atom. The van der Waals surface area contributed by atoms with Crippen LogP contribution in [-0.2, 0) is 0 Å². The molecule has 0 aliphatic rings. The van der Waals surface area contributed by atoms with Crippen molar-refractivity contribution in [3.63, 3.8) is 0 Å². The van der Waals surface area contributed by atoms with Crippen LogP contribution in [0.1, 0.15) is 10.5 Å². The molecule has 0 atom stereocenters. The molecule has 0 saturated heterocycles. The summed E-state index contributed by atoms with van der Waals surface area (Å²) in [5.74, 6) is 0.202. The van der Waals surface area contributed by atoms with Gasteiger partial charge in [0.2, 0.25) is 0 Å². The Labute approximate surface area is 124 Å². The first-order chi connectivity index (χ1) is 9.75. The number of fused-ring (bicyclic) bond motifs is 1. The average Bonchev–Trinajstić information content (AvgIpc) is 2.49. The second-order valence-corrected chi connectivity index (χ2v) is 5.02. The molecule has 1 aromatic carbocycles. The van der Waals surface area contributed by atoms with Crippen LogP contribution in [-0.4, -0.2) is 15.9 Å². The number of anilines is 1. The molecule has 1 N–H and O–H groups in total. The van der Waals surface area contributed by atoms with Crippen LogP contribution in [0.4, 0.5) is 5.82 Å². The molecule has 2 heterocycles. The molecule has 3 aromatic rings. The van der Waals surface area contributed by atoms with Crippen LogP contribution in [0.3, 0.4) is 0 Å². The molecule has 20 heavy (non-hydrogen) atoms. The molecular weight excluding hydrogens is 318 g/mol. The van der Waals surface area contributed by atoms with Gasteiger partial charge in [0.15, 0.2) is 0 Å².